The molecule has 4 rings (SSSR count). The number of carbonyl (C=O) groups is 1. The number of hydrogen-bond acceptors (Lipinski definition) is 5. The van der Waals surface area contributed by atoms with E-state index in [-0.39, 0.29) is 12.4 Å². The van der Waals surface area contributed by atoms with Gasteiger partial charge in [0.1, 0.15) is 11.3 Å². The summed E-state index contributed by atoms with van der Waals surface area (Å²) < 4.78 is 10.7. The highest BCUT2D eigenvalue weighted by atomic mass is 16.5. The van der Waals surface area contributed by atoms with Crippen LogP contribution in [0.3, 0.4) is 0 Å². The van der Waals surface area contributed by atoms with Crippen molar-refractivity contribution in [2.45, 2.75) is 12.8 Å². The molecule has 5 nitrogen and oxygen atoms in total. The minimum absolute atomic E-state index is 0.0639. The van der Waals surface area contributed by atoms with Gasteiger partial charge in [-0.05, 0) is 55.3 Å². The number of Topliss-reactive ketones (excluding diaryl/α,β-unsaturated/α-hetero) is 1. The molecule has 1 saturated heterocycles. The minimum atomic E-state index is -0.413. The van der Waals surface area contributed by atoms with E-state index >= 15 is 0 Å². The van der Waals surface area contributed by atoms with Gasteiger partial charge < -0.3 is 14.1 Å². The van der Waals surface area contributed by atoms with E-state index in [1.807, 2.05) is 24.3 Å². The summed E-state index contributed by atoms with van der Waals surface area (Å²) in [6.45, 7) is 2.09. The van der Waals surface area contributed by atoms with E-state index in [1.165, 1.54) is 18.9 Å². The van der Waals surface area contributed by atoms with Gasteiger partial charge in [-0.2, -0.15) is 0 Å². The number of hydrogen-bond donors (Lipinski definition) is 0. The largest absolute Gasteiger partial charge is 0.485 e. The van der Waals surface area contributed by atoms with Crippen molar-refractivity contribution in [2.24, 2.45) is 0 Å². The van der Waals surface area contributed by atoms with Gasteiger partial charge in [-0.1, -0.05) is 0 Å². The van der Waals surface area contributed by atoms with Crippen LogP contribution in [-0.2, 0) is 0 Å². The lowest BCUT2D eigenvalue weighted by atomic mass is 10.1. The minimum Gasteiger partial charge on any atom is -0.485 e. The molecule has 0 spiro atoms. The van der Waals surface area contributed by atoms with E-state index in [0.29, 0.717) is 16.9 Å². The van der Waals surface area contributed by atoms with E-state index < -0.39 is 5.63 Å². The van der Waals surface area contributed by atoms with Crippen LogP contribution in [0, 0.1) is 0 Å². The molecule has 3 aromatic rings. The summed E-state index contributed by atoms with van der Waals surface area (Å²) in [6, 6.07) is 15.9. The van der Waals surface area contributed by atoms with Gasteiger partial charge in [-0.3, -0.25) is 4.79 Å². The SMILES string of the molecule is O=C(COc1ccc2ccc(=O)oc2c1)c1ccc(N2CCCC2)cc1. The van der Waals surface area contributed by atoms with E-state index in [2.05, 4.69) is 4.90 Å². The lowest BCUT2D eigenvalue weighted by Crippen LogP contribution is -2.17. The quantitative estimate of drug-likeness (QED) is 0.520. The Hall–Kier alpha value is -3.08. The highest BCUT2D eigenvalue weighted by Gasteiger charge is 2.13. The van der Waals surface area contributed by atoms with Crippen molar-refractivity contribution in [2.75, 3.05) is 24.6 Å². The summed E-state index contributed by atoms with van der Waals surface area (Å²) in [5.41, 5.74) is 1.81. The van der Waals surface area contributed by atoms with Crippen LogP contribution in [0.4, 0.5) is 5.69 Å². The van der Waals surface area contributed by atoms with Gasteiger partial charge in [0.05, 0.1) is 0 Å². The van der Waals surface area contributed by atoms with Gasteiger partial charge >= 0.3 is 5.63 Å². The van der Waals surface area contributed by atoms with Crippen molar-refractivity contribution < 1.29 is 13.9 Å². The molecule has 1 aromatic heterocycles. The van der Waals surface area contributed by atoms with Crippen LogP contribution in [0.15, 0.2) is 63.8 Å². The van der Waals surface area contributed by atoms with E-state index in [4.69, 9.17) is 9.15 Å². The fraction of sp³-hybridized carbons (Fsp3) is 0.238. The molecule has 1 aliphatic rings. The third-order valence-electron chi connectivity index (χ3n) is 4.62. The van der Waals surface area contributed by atoms with Gasteiger partial charge in [0.25, 0.3) is 0 Å². The number of carbonyl (C=O) groups excluding carboxylic acids is 1. The first-order valence-electron chi connectivity index (χ1n) is 8.74. The summed E-state index contributed by atoms with van der Waals surface area (Å²) in [4.78, 5) is 26.0. The Bertz CT molecular complexity index is 985. The number of fused-ring (bicyclic) bond motifs is 1. The number of ether oxygens (including phenoxy) is 1. The Morgan fingerprint density at radius 1 is 1.00 bits per heavy atom. The Balaban J connectivity index is 1.42. The highest BCUT2D eigenvalue weighted by molar-refractivity contribution is 5.97. The fourth-order valence-corrected chi connectivity index (χ4v) is 3.20. The van der Waals surface area contributed by atoms with Crippen LogP contribution in [0.1, 0.15) is 23.2 Å². The maximum absolute atomic E-state index is 12.4. The average molecular weight is 349 g/mol. The Labute approximate surface area is 150 Å². The lowest BCUT2D eigenvalue weighted by molar-refractivity contribution is 0.0921. The molecule has 0 N–H and O–H groups in total. The second-order valence-corrected chi connectivity index (χ2v) is 6.41. The number of ketones is 1. The molecule has 0 aliphatic carbocycles. The first kappa shape index (κ1) is 16.4. The molecule has 1 fully saturated rings. The molecule has 26 heavy (non-hydrogen) atoms. The lowest BCUT2D eigenvalue weighted by Gasteiger charge is -2.17. The van der Waals surface area contributed by atoms with Crippen LogP contribution < -0.4 is 15.3 Å². The van der Waals surface area contributed by atoms with Crippen LogP contribution in [0.5, 0.6) is 5.75 Å². The normalized spacial score (nSPS) is 13.9. The number of nitrogens with zero attached hydrogens (tertiary/aromatic N) is 1. The molecule has 0 radical (unpaired) electrons. The predicted molar refractivity (Wildman–Crippen MR) is 100 cm³/mol. The smallest absolute Gasteiger partial charge is 0.336 e. The Morgan fingerprint density at radius 3 is 2.50 bits per heavy atom. The van der Waals surface area contributed by atoms with Gasteiger partial charge in [0, 0.05) is 41.9 Å². The molecule has 1 aliphatic heterocycles. The molecule has 0 saturated carbocycles. The van der Waals surface area contributed by atoms with Gasteiger partial charge in [0.2, 0.25) is 0 Å². The maximum Gasteiger partial charge on any atom is 0.336 e. The molecular weight excluding hydrogens is 330 g/mol. The zero-order valence-corrected chi connectivity index (χ0v) is 14.3. The summed E-state index contributed by atoms with van der Waals surface area (Å²) in [5, 5.41) is 0.806. The number of anilines is 1. The van der Waals surface area contributed by atoms with Crippen molar-refractivity contribution in [1.82, 2.24) is 0 Å². The van der Waals surface area contributed by atoms with E-state index in [0.717, 1.165) is 24.2 Å². The molecule has 0 unspecified atom stereocenters. The molecule has 0 amide bonds. The summed E-state index contributed by atoms with van der Waals surface area (Å²) in [7, 11) is 0. The maximum atomic E-state index is 12.4. The topological polar surface area (TPSA) is 59.8 Å². The molecule has 5 heteroatoms. The summed E-state index contributed by atoms with van der Waals surface area (Å²) in [6.07, 6.45) is 2.45. The molecule has 132 valence electrons. The zero-order chi connectivity index (χ0) is 17.9. The van der Waals surface area contributed by atoms with Crippen LogP contribution in [0.2, 0.25) is 0 Å². The standard InChI is InChI=1S/C21H19NO4/c23-19(15-3-7-17(8-4-15)22-11-1-2-12-22)14-25-18-9-5-16-6-10-21(24)26-20(16)13-18/h3-10,13H,1-2,11-12,14H2. The third kappa shape index (κ3) is 3.47. The van der Waals surface area contributed by atoms with Crippen molar-refractivity contribution in [3.05, 3.63) is 70.6 Å². The molecule has 0 bridgehead atoms. The van der Waals surface area contributed by atoms with Crippen molar-refractivity contribution >= 4 is 22.4 Å². The highest BCUT2D eigenvalue weighted by Crippen LogP contribution is 2.22. The van der Waals surface area contributed by atoms with Crippen molar-refractivity contribution in [3.8, 4) is 5.75 Å². The van der Waals surface area contributed by atoms with Gasteiger partial charge in [-0.25, -0.2) is 4.79 Å². The predicted octanol–water partition coefficient (Wildman–Crippen LogP) is 3.65. The summed E-state index contributed by atoms with van der Waals surface area (Å²) >= 11 is 0. The van der Waals surface area contributed by atoms with E-state index in [1.54, 1.807) is 24.3 Å². The van der Waals surface area contributed by atoms with Crippen molar-refractivity contribution in [3.63, 3.8) is 0 Å². The van der Waals surface area contributed by atoms with Crippen LogP contribution in [0.25, 0.3) is 11.0 Å². The molecule has 2 aromatic carbocycles. The summed E-state index contributed by atoms with van der Waals surface area (Å²) in [5.74, 6) is 0.404. The number of rotatable bonds is 5. The van der Waals surface area contributed by atoms with E-state index in [9.17, 15) is 9.59 Å². The Kier molecular flexibility index (Phi) is 4.44. The first-order valence-corrected chi connectivity index (χ1v) is 8.74. The van der Waals surface area contributed by atoms with Crippen LogP contribution in [-0.4, -0.2) is 25.5 Å². The monoisotopic (exact) mass is 349 g/mol. The fourth-order valence-electron chi connectivity index (χ4n) is 3.20. The van der Waals surface area contributed by atoms with Crippen LogP contribution >= 0.6 is 0 Å². The Morgan fingerprint density at radius 2 is 1.73 bits per heavy atom. The molecule has 0 atom stereocenters. The first-order chi connectivity index (χ1) is 12.7. The van der Waals surface area contributed by atoms with Crippen molar-refractivity contribution in [1.29, 1.82) is 0 Å². The second-order valence-electron chi connectivity index (χ2n) is 6.41. The average Bonchev–Trinajstić information content (AvgIpc) is 3.20. The molecular formula is C21H19NO4. The third-order valence-corrected chi connectivity index (χ3v) is 4.62. The van der Waals surface area contributed by atoms with Gasteiger partial charge in [-0.15, -0.1) is 0 Å². The second kappa shape index (κ2) is 7.04. The zero-order valence-electron chi connectivity index (χ0n) is 14.3. The molecule has 2 heterocycles. The van der Waals surface area contributed by atoms with Gasteiger partial charge in [0.15, 0.2) is 12.4 Å². The number of benzene rings is 2.